The molecule has 216 valence electrons. The van der Waals surface area contributed by atoms with E-state index in [4.69, 9.17) is 9.47 Å². The Kier molecular flexibility index (Phi) is 6.84. The number of rotatable bonds is 4. The molecule has 1 heterocycles. The third-order valence-electron chi connectivity index (χ3n) is 12.4. The molecular formula is C30H48O8. The van der Waals surface area contributed by atoms with Gasteiger partial charge in [0.2, 0.25) is 0 Å². The number of allylic oxidation sites excluding steroid dienone is 1. The molecule has 0 aromatic heterocycles. The zero-order valence-corrected chi connectivity index (χ0v) is 23.8. The molecule has 3 saturated carbocycles. The van der Waals surface area contributed by atoms with E-state index >= 15 is 0 Å². The molecule has 4 fully saturated rings. The lowest BCUT2D eigenvalue weighted by atomic mass is 9.45. The van der Waals surface area contributed by atoms with Crippen molar-refractivity contribution in [3.8, 4) is 0 Å². The van der Waals surface area contributed by atoms with Crippen LogP contribution in [0.3, 0.4) is 0 Å². The Morgan fingerprint density at radius 3 is 2.42 bits per heavy atom. The normalized spacial score (nSPS) is 54.4. The van der Waals surface area contributed by atoms with Gasteiger partial charge in [-0.2, -0.15) is 0 Å². The molecule has 0 bridgehead atoms. The Hall–Kier alpha value is -0.870. The molecule has 38 heavy (non-hydrogen) atoms. The summed E-state index contributed by atoms with van der Waals surface area (Å²) in [6, 6.07) is 0. The number of carbonyl (C=O) groups excluding carboxylic acids is 1. The number of ether oxygens (including phenoxy) is 2. The topological polar surface area (TPSA) is 137 Å². The van der Waals surface area contributed by atoms with Crippen molar-refractivity contribution in [2.24, 2.45) is 34.5 Å². The fourth-order valence-corrected chi connectivity index (χ4v) is 9.69. The Morgan fingerprint density at radius 2 is 1.79 bits per heavy atom. The number of hydrogen-bond donors (Lipinski definition) is 5. The minimum Gasteiger partial charge on any atom is -0.390 e. The SMILES string of the molecule is CCC1(O)CC(C(C)(O)C2CCC3(O)C4=CC(=O)C5CC(O)C(O)CC5(C)C4CCC23C)OC(OC)C1C. The van der Waals surface area contributed by atoms with E-state index in [1.54, 1.807) is 20.1 Å². The molecule has 4 aliphatic carbocycles. The molecule has 0 radical (unpaired) electrons. The smallest absolute Gasteiger partial charge is 0.162 e. The highest BCUT2D eigenvalue weighted by atomic mass is 16.7. The van der Waals surface area contributed by atoms with Gasteiger partial charge in [-0.3, -0.25) is 4.79 Å². The molecule has 5 aliphatic rings. The number of aliphatic hydroxyl groups excluding tert-OH is 2. The molecule has 0 amide bonds. The van der Waals surface area contributed by atoms with Gasteiger partial charge < -0.3 is 35.0 Å². The van der Waals surface area contributed by atoms with Gasteiger partial charge in [0.1, 0.15) is 0 Å². The predicted molar refractivity (Wildman–Crippen MR) is 140 cm³/mol. The third-order valence-corrected chi connectivity index (χ3v) is 12.4. The minimum atomic E-state index is -1.36. The van der Waals surface area contributed by atoms with Gasteiger partial charge in [0.15, 0.2) is 12.1 Å². The molecule has 5 rings (SSSR count). The van der Waals surface area contributed by atoms with Crippen LogP contribution < -0.4 is 0 Å². The summed E-state index contributed by atoms with van der Waals surface area (Å²) in [6.07, 6.45) is 2.17. The zero-order chi connectivity index (χ0) is 28.1. The van der Waals surface area contributed by atoms with Crippen LogP contribution in [0.25, 0.3) is 0 Å². The summed E-state index contributed by atoms with van der Waals surface area (Å²) in [5.74, 6) is -1.13. The fraction of sp³-hybridized carbons (Fsp3) is 0.900. The molecule has 0 aromatic rings. The monoisotopic (exact) mass is 536 g/mol. The van der Waals surface area contributed by atoms with Gasteiger partial charge in [-0.1, -0.05) is 27.7 Å². The molecule has 5 N–H and O–H groups in total. The van der Waals surface area contributed by atoms with Gasteiger partial charge in [-0.15, -0.1) is 0 Å². The van der Waals surface area contributed by atoms with Crippen molar-refractivity contribution in [3.63, 3.8) is 0 Å². The quantitative estimate of drug-likeness (QED) is 0.370. The van der Waals surface area contributed by atoms with E-state index in [0.717, 1.165) is 12.0 Å². The Balaban J connectivity index is 1.49. The van der Waals surface area contributed by atoms with E-state index in [1.165, 1.54) is 0 Å². The van der Waals surface area contributed by atoms with Gasteiger partial charge in [0.25, 0.3) is 0 Å². The van der Waals surface area contributed by atoms with Gasteiger partial charge in [-0.25, -0.2) is 0 Å². The number of carbonyl (C=O) groups is 1. The lowest BCUT2D eigenvalue weighted by Gasteiger charge is -2.61. The van der Waals surface area contributed by atoms with E-state index in [2.05, 4.69) is 0 Å². The minimum absolute atomic E-state index is 0.0797. The van der Waals surface area contributed by atoms with Gasteiger partial charge in [-0.05, 0) is 80.8 Å². The van der Waals surface area contributed by atoms with Crippen LogP contribution in [0, 0.1) is 34.5 Å². The maximum absolute atomic E-state index is 13.4. The summed E-state index contributed by atoms with van der Waals surface area (Å²) in [5, 5.41) is 56.9. The number of hydrogen-bond acceptors (Lipinski definition) is 8. The van der Waals surface area contributed by atoms with Crippen molar-refractivity contribution in [3.05, 3.63) is 11.6 Å². The van der Waals surface area contributed by atoms with Crippen LogP contribution >= 0.6 is 0 Å². The second-order valence-electron chi connectivity index (χ2n) is 14.0. The predicted octanol–water partition coefficient (Wildman–Crippen LogP) is 2.48. The molecule has 13 unspecified atom stereocenters. The highest BCUT2D eigenvalue weighted by Gasteiger charge is 2.70. The molecule has 8 heteroatoms. The number of aliphatic hydroxyl groups is 5. The average Bonchev–Trinajstić information content (AvgIpc) is 3.14. The van der Waals surface area contributed by atoms with E-state index in [0.29, 0.717) is 32.1 Å². The molecule has 0 aromatic carbocycles. The maximum Gasteiger partial charge on any atom is 0.162 e. The van der Waals surface area contributed by atoms with Crippen LogP contribution in [0.2, 0.25) is 0 Å². The standard InChI is InChI=1S/C30H48O8/c1-7-29(35)15-24(38-25(37-6)16(29)2)28(5,34)23-9-11-30(36)18-12-20(31)19-13-21(32)22(33)14-26(19,3)17(18)8-10-27(23,30)4/h12,16-17,19,21-25,32-36H,7-11,13-15H2,1-6H3. The van der Waals surface area contributed by atoms with Crippen LogP contribution in [-0.2, 0) is 14.3 Å². The summed E-state index contributed by atoms with van der Waals surface area (Å²) in [4.78, 5) is 13.4. The average molecular weight is 537 g/mol. The van der Waals surface area contributed by atoms with Crippen molar-refractivity contribution in [1.82, 2.24) is 0 Å². The zero-order valence-electron chi connectivity index (χ0n) is 23.8. The summed E-state index contributed by atoms with van der Waals surface area (Å²) in [7, 11) is 1.55. The largest absolute Gasteiger partial charge is 0.390 e. The molecule has 1 saturated heterocycles. The third kappa shape index (κ3) is 3.70. The number of fused-ring (bicyclic) bond motifs is 5. The van der Waals surface area contributed by atoms with Gasteiger partial charge >= 0.3 is 0 Å². The maximum atomic E-state index is 13.4. The van der Waals surface area contributed by atoms with Crippen molar-refractivity contribution in [2.75, 3.05) is 7.11 Å². The highest BCUT2D eigenvalue weighted by Crippen LogP contribution is 2.69. The van der Waals surface area contributed by atoms with E-state index in [9.17, 15) is 30.3 Å². The second kappa shape index (κ2) is 9.07. The summed E-state index contributed by atoms with van der Waals surface area (Å²) in [5.41, 5.74) is -4.20. The first-order valence-electron chi connectivity index (χ1n) is 14.6. The summed E-state index contributed by atoms with van der Waals surface area (Å²) < 4.78 is 11.9. The molecular weight excluding hydrogens is 488 g/mol. The number of ketones is 1. The Bertz CT molecular complexity index is 995. The van der Waals surface area contributed by atoms with Crippen LogP contribution in [0.15, 0.2) is 11.6 Å². The molecule has 8 nitrogen and oxygen atoms in total. The van der Waals surface area contributed by atoms with Crippen LogP contribution in [0.1, 0.15) is 86.0 Å². The van der Waals surface area contributed by atoms with Gasteiger partial charge in [0.05, 0.1) is 35.1 Å². The van der Waals surface area contributed by atoms with Crippen molar-refractivity contribution >= 4 is 5.78 Å². The van der Waals surface area contributed by atoms with E-state index in [-0.39, 0.29) is 42.3 Å². The van der Waals surface area contributed by atoms with E-state index in [1.807, 2.05) is 27.7 Å². The fourth-order valence-electron chi connectivity index (χ4n) is 9.69. The summed E-state index contributed by atoms with van der Waals surface area (Å²) in [6.45, 7) is 9.66. The molecule has 1 aliphatic heterocycles. The van der Waals surface area contributed by atoms with Crippen molar-refractivity contribution in [1.29, 1.82) is 0 Å². The van der Waals surface area contributed by atoms with Crippen LogP contribution in [0.4, 0.5) is 0 Å². The first-order valence-corrected chi connectivity index (χ1v) is 14.6. The Labute approximate surface area is 226 Å². The highest BCUT2D eigenvalue weighted by molar-refractivity contribution is 5.95. The molecule has 13 atom stereocenters. The van der Waals surface area contributed by atoms with Crippen molar-refractivity contribution < 1.29 is 39.8 Å². The van der Waals surface area contributed by atoms with Crippen LogP contribution in [-0.4, -0.2) is 79.8 Å². The molecule has 0 spiro atoms. The lowest BCUT2D eigenvalue weighted by molar-refractivity contribution is -0.304. The van der Waals surface area contributed by atoms with Crippen LogP contribution in [0.5, 0.6) is 0 Å². The lowest BCUT2D eigenvalue weighted by Crippen LogP contribution is -2.65. The number of methoxy groups -OCH3 is 1. The second-order valence-corrected chi connectivity index (χ2v) is 14.0. The Morgan fingerprint density at radius 1 is 1.11 bits per heavy atom. The van der Waals surface area contributed by atoms with Crippen molar-refractivity contribution in [2.45, 2.75) is 127 Å². The van der Waals surface area contributed by atoms with Gasteiger partial charge in [0, 0.05) is 30.8 Å². The first kappa shape index (κ1) is 28.7. The first-order chi connectivity index (χ1) is 17.6. The van der Waals surface area contributed by atoms with E-state index < -0.39 is 52.2 Å². The summed E-state index contributed by atoms with van der Waals surface area (Å²) >= 11 is 0.